The zero-order chi connectivity index (χ0) is 26.1. The van der Waals surface area contributed by atoms with Gasteiger partial charge in [-0.25, -0.2) is 9.78 Å². The van der Waals surface area contributed by atoms with Gasteiger partial charge in [-0.05, 0) is 54.7 Å². The number of urea groups is 1. The molecule has 0 spiro atoms. The second-order valence-electron chi connectivity index (χ2n) is 9.79. The molecule has 1 N–H and O–H groups in total. The first-order valence-electron chi connectivity index (χ1n) is 13.1. The van der Waals surface area contributed by atoms with Crippen LogP contribution in [0.2, 0.25) is 0 Å². The number of hydrogen-bond donors (Lipinski definition) is 1. The van der Waals surface area contributed by atoms with Crippen LogP contribution in [0.25, 0.3) is 11.5 Å². The largest absolute Gasteiger partial charge is 0.496 e. The predicted octanol–water partition coefficient (Wildman–Crippen LogP) is 2.75. The number of carbonyl (C=O) groups is 2. The molecule has 2 aromatic heterocycles. The molecule has 3 aliphatic heterocycles. The molecule has 0 bridgehead atoms. The number of nitrogens with zero attached hydrogens (tertiary/aromatic N) is 6. The van der Waals surface area contributed by atoms with Gasteiger partial charge in [0, 0.05) is 39.1 Å². The number of aryl methyl sites for hydroxylation is 1. The molecule has 1 fully saturated rings. The van der Waals surface area contributed by atoms with Crippen molar-refractivity contribution in [3.63, 3.8) is 0 Å². The Morgan fingerprint density at radius 3 is 2.68 bits per heavy atom. The maximum absolute atomic E-state index is 13.4. The van der Waals surface area contributed by atoms with Crippen LogP contribution in [0.5, 0.6) is 5.75 Å². The number of morpholine rings is 1. The molecule has 11 nitrogen and oxygen atoms in total. The van der Waals surface area contributed by atoms with Crippen LogP contribution >= 0.6 is 0 Å². The summed E-state index contributed by atoms with van der Waals surface area (Å²) in [5, 5.41) is 11.6. The van der Waals surface area contributed by atoms with Gasteiger partial charge in [-0.3, -0.25) is 4.79 Å². The number of ether oxygens (including phenoxy) is 2. The van der Waals surface area contributed by atoms with E-state index in [9.17, 15) is 9.59 Å². The number of aromatic nitrogens is 4. The van der Waals surface area contributed by atoms with Crippen molar-refractivity contribution < 1.29 is 19.1 Å². The Labute approximate surface area is 220 Å². The summed E-state index contributed by atoms with van der Waals surface area (Å²) >= 11 is 0. The summed E-state index contributed by atoms with van der Waals surface area (Å²) in [6, 6.07) is 9.23. The van der Waals surface area contributed by atoms with E-state index in [4.69, 9.17) is 9.47 Å². The molecule has 3 aromatic rings. The highest BCUT2D eigenvalue weighted by molar-refractivity contribution is 6.06. The number of methoxy groups -OCH3 is 1. The van der Waals surface area contributed by atoms with E-state index >= 15 is 0 Å². The lowest BCUT2D eigenvalue weighted by atomic mass is 9.96. The molecule has 38 heavy (non-hydrogen) atoms. The summed E-state index contributed by atoms with van der Waals surface area (Å²) in [6.07, 6.45) is 3.82. The SMILES string of the molecule is COc1cc2c(cc1C(=O)Nc1cccc(-c3nnc4n3CCCC4)n1)CN(C(=O)N1CCOCC1)CC2. The number of anilines is 1. The summed E-state index contributed by atoms with van der Waals surface area (Å²) in [5.41, 5.74) is 3.10. The Bertz CT molecular complexity index is 1370. The smallest absolute Gasteiger partial charge is 0.320 e. The molecule has 6 rings (SSSR count). The van der Waals surface area contributed by atoms with Crippen molar-refractivity contribution >= 4 is 17.8 Å². The second kappa shape index (κ2) is 10.4. The second-order valence-corrected chi connectivity index (χ2v) is 9.79. The minimum absolute atomic E-state index is 0.0115. The van der Waals surface area contributed by atoms with Crippen molar-refractivity contribution in [2.45, 2.75) is 38.8 Å². The molecule has 5 heterocycles. The van der Waals surface area contributed by atoms with Crippen molar-refractivity contribution in [1.29, 1.82) is 0 Å². The van der Waals surface area contributed by atoms with Crippen LogP contribution in [0, 0.1) is 0 Å². The molecule has 3 aliphatic rings. The van der Waals surface area contributed by atoms with Crippen molar-refractivity contribution in [2.24, 2.45) is 0 Å². The summed E-state index contributed by atoms with van der Waals surface area (Å²) in [7, 11) is 1.56. The van der Waals surface area contributed by atoms with E-state index in [0.717, 1.165) is 42.8 Å². The summed E-state index contributed by atoms with van der Waals surface area (Å²) in [6.45, 7) is 4.26. The average Bonchev–Trinajstić information content (AvgIpc) is 3.40. The minimum Gasteiger partial charge on any atom is -0.496 e. The maximum atomic E-state index is 13.4. The first-order chi connectivity index (χ1) is 18.6. The maximum Gasteiger partial charge on any atom is 0.320 e. The molecule has 0 atom stereocenters. The normalized spacial score (nSPS) is 17.0. The van der Waals surface area contributed by atoms with Crippen LogP contribution in [0.15, 0.2) is 30.3 Å². The predicted molar refractivity (Wildman–Crippen MR) is 139 cm³/mol. The highest BCUT2D eigenvalue weighted by Crippen LogP contribution is 2.30. The minimum atomic E-state index is -0.325. The number of benzene rings is 1. The number of hydrogen-bond acceptors (Lipinski definition) is 7. The van der Waals surface area contributed by atoms with Gasteiger partial charge in [0.05, 0.1) is 25.9 Å². The number of carbonyl (C=O) groups excluding carboxylic acids is 2. The number of rotatable bonds is 4. The highest BCUT2D eigenvalue weighted by Gasteiger charge is 2.28. The van der Waals surface area contributed by atoms with E-state index in [1.54, 1.807) is 13.2 Å². The van der Waals surface area contributed by atoms with Crippen molar-refractivity contribution in [3.05, 3.63) is 52.8 Å². The van der Waals surface area contributed by atoms with Crippen LogP contribution in [0.1, 0.15) is 40.2 Å². The lowest BCUT2D eigenvalue weighted by Gasteiger charge is -2.35. The lowest BCUT2D eigenvalue weighted by molar-refractivity contribution is 0.0421. The van der Waals surface area contributed by atoms with Gasteiger partial charge in [0.15, 0.2) is 5.82 Å². The topological polar surface area (TPSA) is 115 Å². The zero-order valence-corrected chi connectivity index (χ0v) is 21.5. The zero-order valence-electron chi connectivity index (χ0n) is 21.5. The summed E-state index contributed by atoms with van der Waals surface area (Å²) < 4.78 is 13.1. The molecule has 0 saturated carbocycles. The number of nitrogens with one attached hydrogen (secondary N) is 1. The Morgan fingerprint density at radius 2 is 1.84 bits per heavy atom. The van der Waals surface area contributed by atoms with E-state index in [-0.39, 0.29) is 11.9 Å². The molecular formula is C27H31N7O4. The molecule has 1 aromatic carbocycles. The van der Waals surface area contributed by atoms with Gasteiger partial charge in [0.1, 0.15) is 23.1 Å². The monoisotopic (exact) mass is 517 g/mol. The first-order valence-corrected chi connectivity index (χ1v) is 13.1. The third-order valence-electron chi connectivity index (χ3n) is 7.41. The van der Waals surface area contributed by atoms with Crippen LogP contribution in [0.4, 0.5) is 10.6 Å². The van der Waals surface area contributed by atoms with Gasteiger partial charge < -0.3 is 29.2 Å². The quantitative estimate of drug-likeness (QED) is 0.566. The van der Waals surface area contributed by atoms with Gasteiger partial charge in [0.2, 0.25) is 0 Å². The molecule has 0 radical (unpaired) electrons. The van der Waals surface area contributed by atoms with Crippen LogP contribution in [-0.2, 0) is 30.7 Å². The first kappa shape index (κ1) is 24.4. The fourth-order valence-corrected chi connectivity index (χ4v) is 5.36. The fourth-order valence-electron chi connectivity index (χ4n) is 5.36. The van der Waals surface area contributed by atoms with Gasteiger partial charge in [-0.15, -0.1) is 10.2 Å². The standard InChI is InChI=1S/C27H31N7O4/c1-37-22-16-18-8-10-33(27(36)32-11-13-38-14-12-32)17-19(18)15-20(22)26(35)29-23-6-4-5-21(28-23)25-31-30-24-7-2-3-9-34(24)25/h4-6,15-16H,2-3,7-14,17H2,1H3,(H,28,29,35). The van der Waals surface area contributed by atoms with Crippen molar-refractivity contribution in [2.75, 3.05) is 45.3 Å². The Hall–Kier alpha value is -3.99. The van der Waals surface area contributed by atoms with E-state index < -0.39 is 0 Å². The van der Waals surface area contributed by atoms with Gasteiger partial charge >= 0.3 is 6.03 Å². The fraction of sp³-hybridized carbons (Fsp3) is 0.444. The summed E-state index contributed by atoms with van der Waals surface area (Å²) in [5.74, 6) is 2.28. The number of amides is 3. The number of fused-ring (bicyclic) bond motifs is 2. The lowest BCUT2D eigenvalue weighted by Crippen LogP contribution is -2.49. The average molecular weight is 518 g/mol. The van der Waals surface area contributed by atoms with Gasteiger partial charge in [-0.2, -0.15) is 0 Å². The number of pyridine rings is 1. The van der Waals surface area contributed by atoms with Crippen molar-refractivity contribution in [1.82, 2.24) is 29.5 Å². The van der Waals surface area contributed by atoms with Crippen molar-refractivity contribution in [3.8, 4) is 17.3 Å². The molecule has 0 unspecified atom stereocenters. The van der Waals surface area contributed by atoms with Gasteiger partial charge in [0.25, 0.3) is 5.91 Å². The third kappa shape index (κ3) is 4.69. The summed E-state index contributed by atoms with van der Waals surface area (Å²) in [4.78, 5) is 34.8. The van der Waals surface area contributed by atoms with E-state index in [1.165, 1.54) is 0 Å². The third-order valence-corrected chi connectivity index (χ3v) is 7.41. The molecule has 11 heteroatoms. The Morgan fingerprint density at radius 1 is 0.974 bits per heavy atom. The Kier molecular flexibility index (Phi) is 6.67. The van der Waals surface area contributed by atoms with E-state index in [2.05, 4.69) is 25.1 Å². The van der Waals surface area contributed by atoms with Crippen LogP contribution < -0.4 is 10.1 Å². The molecule has 1 saturated heterocycles. The van der Waals surface area contributed by atoms with Crippen LogP contribution in [-0.4, -0.2) is 81.4 Å². The molecule has 3 amide bonds. The molecular weight excluding hydrogens is 486 g/mol. The molecule has 0 aliphatic carbocycles. The highest BCUT2D eigenvalue weighted by atomic mass is 16.5. The van der Waals surface area contributed by atoms with E-state index in [0.29, 0.717) is 74.5 Å². The molecule has 198 valence electrons. The Balaban J connectivity index is 1.22. The van der Waals surface area contributed by atoms with Gasteiger partial charge in [-0.1, -0.05) is 6.07 Å². The van der Waals surface area contributed by atoms with E-state index in [1.807, 2.05) is 34.1 Å². The van der Waals surface area contributed by atoms with Crippen LogP contribution in [0.3, 0.4) is 0 Å².